The number of nitrogens with one attached hydrogen (secondary N) is 1. The molecule has 0 radical (unpaired) electrons. The molecule has 13 heteroatoms. The van der Waals surface area contributed by atoms with Crippen LogP contribution in [-0.4, -0.2) is 59.8 Å². The van der Waals surface area contributed by atoms with Crippen molar-refractivity contribution in [2.75, 3.05) is 11.5 Å². The standard InChI is InChI=1S/C34H27N7O4S2/c35-34-39-29-25(36-16-17-37-29)30(40-34)47-23-19-46-32-26(38-24(42)18-20-10-4-1-5-11-20)31(43)41(32)27(23)33(44)45-28(21-12-6-2-7-13-21)22-14-8-3-9-15-22/h1-17,26,28,32H,18-19H2,(H,38,42)(H2,35,37,39,40)/t26?,32-/m1/s1. The maximum atomic E-state index is 14.3. The molecule has 4 heterocycles. The predicted octanol–water partition coefficient (Wildman–Crippen LogP) is 4.28. The van der Waals surface area contributed by atoms with Gasteiger partial charge in [-0.25, -0.2) is 19.7 Å². The van der Waals surface area contributed by atoms with Crippen molar-refractivity contribution in [3.05, 3.63) is 131 Å². The summed E-state index contributed by atoms with van der Waals surface area (Å²) in [6, 6.07) is 27.3. The van der Waals surface area contributed by atoms with Crippen molar-refractivity contribution in [2.24, 2.45) is 0 Å². The minimum Gasteiger partial charge on any atom is -0.448 e. The zero-order valence-corrected chi connectivity index (χ0v) is 26.4. The molecule has 5 aromatic rings. The first-order valence-electron chi connectivity index (χ1n) is 14.7. The molecular weight excluding hydrogens is 635 g/mol. The second-order valence-electron chi connectivity index (χ2n) is 10.7. The Labute approximate surface area is 278 Å². The SMILES string of the molecule is Nc1nc(SC2=C(C(=O)OC(c3ccccc3)c3ccccc3)N3C(=O)C(NC(=O)Cc4ccccc4)[C@H]3SC2)c2nccnc2n1. The molecule has 3 N–H and O–H groups in total. The van der Waals surface area contributed by atoms with Gasteiger partial charge >= 0.3 is 5.97 Å². The Morgan fingerprint density at radius 1 is 0.936 bits per heavy atom. The highest BCUT2D eigenvalue weighted by atomic mass is 32.2. The van der Waals surface area contributed by atoms with E-state index >= 15 is 0 Å². The van der Waals surface area contributed by atoms with E-state index < -0.39 is 29.4 Å². The number of amides is 2. The Morgan fingerprint density at radius 2 is 1.57 bits per heavy atom. The number of hydrogen-bond donors (Lipinski definition) is 2. The van der Waals surface area contributed by atoms with E-state index in [9.17, 15) is 14.4 Å². The maximum Gasteiger partial charge on any atom is 0.356 e. The Bertz CT molecular complexity index is 1960. The van der Waals surface area contributed by atoms with Crippen LogP contribution in [0.4, 0.5) is 5.95 Å². The molecule has 47 heavy (non-hydrogen) atoms. The van der Waals surface area contributed by atoms with Crippen molar-refractivity contribution in [1.82, 2.24) is 30.2 Å². The first-order chi connectivity index (χ1) is 23.0. The van der Waals surface area contributed by atoms with Crippen molar-refractivity contribution >= 4 is 58.4 Å². The lowest BCUT2D eigenvalue weighted by Crippen LogP contribution is -2.70. The zero-order valence-electron chi connectivity index (χ0n) is 24.7. The van der Waals surface area contributed by atoms with Crippen molar-refractivity contribution < 1.29 is 19.1 Å². The van der Waals surface area contributed by atoms with Crippen molar-refractivity contribution in [1.29, 1.82) is 0 Å². The number of β-lactam (4-membered cyclic amide) rings is 1. The number of aromatic nitrogens is 4. The lowest BCUT2D eigenvalue weighted by Gasteiger charge is -2.49. The van der Waals surface area contributed by atoms with Gasteiger partial charge in [-0.2, -0.15) is 4.98 Å². The third-order valence-corrected chi connectivity index (χ3v) is 10.1. The molecule has 234 valence electrons. The van der Waals surface area contributed by atoms with Crippen LogP contribution in [0.3, 0.4) is 0 Å². The molecule has 1 saturated heterocycles. The molecule has 2 aliphatic heterocycles. The molecule has 7 rings (SSSR count). The van der Waals surface area contributed by atoms with Crippen LogP contribution in [0, 0.1) is 0 Å². The fourth-order valence-electron chi connectivity index (χ4n) is 5.45. The first kappa shape index (κ1) is 30.4. The van der Waals surface area contributed by atoms with Crippen LogP contribution in [0.25, 0.3) is 11.2 Å². The summed E-state index contributed by atoms with van der Waals surface area (Å²) in [5.74, 6) is -1.03. The minimum absolute atomic E-state index is 0.000930. The molecule has 0 aliphatic carbocycles. The molecule has 2 amide bonds. The quantitative estimate of drug-likeness (QED) is 0.132. The van der Waals surface area contributed by atoms with Gasteiger partial charge in [-0.3, -0.25) is 14.5 Å². The Kier molecular flexibility index (Phi) is 8.55. The molecule has 0 spiro atoms. The van der Waals surface area contributed by atoms with Crippen LogP contribution < -0.4 is 11.1 Å². The number of nitrogen functional groups attached to an aromatic ring is 1. The van der Waals surface area contributed by atoms with Crippen LogP contribution in [0.1, 0.15) is 22.8 Å². The molecule has 3 aromatic carbocycles. The smallest absolute Gasteiger partial charge is 0.356 e. The topological polar surface area (TPSA) is 153 Å². The number of esters is 1. The Hall–Kier alpha value is -5.27. The molecule has 11 nitrogen and oxygen atoms in total. The maximum absolute atomic E-state index is 14.3. The predicted molar refractivity (Wildman–Crippen MR) is 178 cm³/mol. The number of benzene rings is 3. The lowest BCUT2D eigenvalue weighted by atomic mass is 10.0. The summed E-state index contributed by atoms with van der Waals surface area (Å²) >= 11 is 2.60. The minimum atomic E-state index is -0.800. The Morgan fingerprint density at radius 3 is 2.26 bits per heavy atom. The zero-order chi connectivity index (χ0) is 32.3. The van der Waals surface area contributed by atoms with E-state index in [2.05, 4.69) is 25.3 Å². The number of hydrogen-bond acceptors (Lipinski definition) is 11. The summed E-state index contributed by atoms with van der Waals surface area (Å²) in [6.07, 6.45) is 2.42. The number of nitrogens with two attached hydrogens (primary N) is 1. The second kappa shape index (κ2) is 13.2. The second-order valence-corrected chi connectivity index (χ2v) is 12.9. The van der Waals surface area contributed by atoms with E-state index in [1.807, 2.05) is 91.0 Å². The molecular formula is C34H27N7O4S2. The van der Waals surface area contributed by atoms with Crippen LogP contribution >= 0.6 is 23.5 Å². The van der Waals surface area contributed by atoms with Gasteiger partial charge in [-0.05, 0) is 16.7 Å². The van der Waals surface area contributed by atoms with E-state index in [1.54, 1.807) is 0 Å². The highest BCUT2D eigenvalue weighted by Crippen LogP contribution is 2.46. The third-order valence-electron chi connectivity index (χ3n) is 7.62. The van der Waals surface area contributed by atoms with Gasteiger partial charge in [0.25, 0.3) is 5.91 Å². The van der Waals surface area contributed by atoms with Gasteiger partial charge in [0.15, 0.2) is 11.8 Å². The normalized spacial score (nSPS) is 17.3. The fraction of sp³-hybridized carbons (Fsp3) is 0.147. The number of thioether (sulfide) groups is 2. The van der Waals surface area contributed by atoms with Crippen LogP contribution in [0.5, 0.6) is 0 Å². The van der Waals surface area contributed by atoms with E-state index in [0.29, 0.717) is 26.8 Å². The summed E-state index contributed by atoms with van der Waals surface area (Å²) in [4.78, 5) is 60.2. The molecule has 0 saturated carbocycles. The van der Waals surface area contributed by atoms with Gasteiger partial charge in [-0.1, -0.05) is 103 Å². The van der Waals surface area contributed by atoms with Crippen LogP contribution in [0.15, 0.2) is 119 Å². The molecule has 2 atom stereocenters. The van der Waals surface area contributed by atoms with Crippen LogP contribution in [-0.2, 0) is 25.5 Å². The lowest BCUT2D eigenvalue weighted by molar-refractivity contribution is -0.154. The van der Waals surface area contributed by atoms with Crippen molar-refractivity contribution in [3.8, 4) is 0 Å². The number of carbonyl (C=O) groups excluding carboxylic acids is 3. The highest BCUT2D eigenvalue weighted by molar-refractivity contribution is 8.06. The van der Waals surface area contributed by atoms with Gasteiger partial charge in [0.1, 0.15) is 27.7 Å². The number of rotatable bonds is 9. The number of ether oxygens (including phenoxy) is 1. The molecule has 1 fully saturated rings. The molecule has 1 unspecified atom stereocenters. The average molecular weight is 662 g/mol. The number of carbonyl (C=O) groups is 3. The van der Waals surface area contributed by atoms with Crippen molar-refractivity contribution in [3.63, 3.8) is 0 Å². The third kappa shape index (κ3) is 6.27. The summed E-state index contributed by atoms with van der Waals surface area (Å²) in [5, 5.41) is 2.76. The number of nitrogens with zero attached hydrogens (tertiary/aromatic N) is 5. The summed E-state index contributed by atoms with van der Waals surface area (Å²) in [5.41, 5.74) is 9.18. The summed E-state index contributed by atoms with van der Waals surface area (Å²) < 4.78 is 6.25. The summed E-state index contributed by atoms with van der Waals surface area (Å²) in [7, 11) is 0. The molecule has 2 aromatic heterocycles. The number of fused-ring (bicyclic) bond motifs is 2. The van der Waals surface area contributed by atoms with E-state index in [1.165, 1.54) is 40.8 Å². The number of anilines is 1. The summed E-state index contributed by atoms with van der Waals surface area (Å²) in [6.45, 7) is 0. The first-order valence-corrected chi connectivity index (χ1v) is 16.6. The van der Waals surface area contributed by atoms with Gasteiger partial charge in [0.05, 0.1) is 6.42 Å². The van der Waals surface area contributed by atoms with Crippen LogP contribution in [0.2, 0.25) is 0 Å². The Balaban J connectivity index is 1.23. The largest absolute Gasteiger partial charge is 0.448 e. The van der Waals surface area contributed by atoms with E-state index in [0.717, 1.165) is 16.7 Å². The average Bonchev–Trinajstić information content (AvgIpc) is 3.10. The van der Waals surface area contributed by atoms with E-state index in [4.69, 9.17) is 10.5 Å². The molecule has 2 aliphatic rings. The monoisotopic (exact) mass is 661 g/mol. The van der Waals surface area contributed by atoms with E-state index in [-0.39, 0.29) is 24.0 Å². The van der Waals surface area contributed by atoms with Gasteiger partial charge in [-0.15, -0.1) is 11.8 Å². The highest BCUT2D eigenvalue weighted by Gasteiger charge is 2.55. The van der Waals surface area contributed by atoms with Gasteiger partial charge < -0.3 is 15.8 Å². The van der Waals surface area contributed by atoms with Crippen molar-refractivity contribution in [2.45, 2.75) is 29.0 Å². The van der Waals surface area contributed by atoms with Gasteiger partial charge in [0, 0.05) is 23.1 Å². The molecule has 0 bridgehead atoms. The fourth-order valence-corrected chi connectivity index (χ4v) is 7.98. The van der Waals surface area contributed by atoms with Gasteiger partial charge in [0.2, 0.25) is 11.9 Å².